The molecule has 1 aliphatic heterocycles. The second kappa shape index (κ2) is 6.68. The number of hydrogen-bond acceptors (Lipinski definition) is 6. The van der Waals surface area contributed by atoms with Crippen LogP contribution in [0.5, 0.6) is 0 Å². The molecule has 0 aromatic carbocycles. The summed E-state index contributed by atoms with van der Waals surface area (Å²) in [7, 11) is -3.52. The Bertz CT molecular complexity index is 330. The molecule has 0 spiro atoms. The third-order valence-corrected chi connectivity index (χ3v) is 5.09. The van der Waals surface area contributed by atoms with Crippen molar-refractivity contribution in [2.45, 2.75) is 38.6 Å². The van der Waals surface area contributed by atoms with Crippen molar-refractivity contribution in [2.75, 3.05) is 19.8 Å². The molecule has 2 unspecified atom stereocenters. The number of ether oxygens (including phenoxy) is 1. The van der Waals surface area contributed by atoms with Crippen molar-refractivity contribution in [3.63, 3.8) is 0 Å². The number of aliphatic hydroxyl groups excluding tert-OH is 2. The van der Waals surface area contributed by atoms with Gasteiger partial charge in [0.25, 0.3) is 0 Å². The predicted molar refractivity (Wildman–Crippen MR) is 66.4 cm³/mol. The highest BCUT2D eigenvalue weighted by Crippen LogP contribution is 2.57. The molecule has 0 amide bonds. The van der Waals surface area contributed by atoms with Crippen molar-refractivity contribution in [3.8, 4) is 0 Å². The van der Waals surface area contributed by atoms with Crippen LogP contribution in [-0.2, 0) is 18.3 Å². The van der Waals surface area contributed by atoms with Gasteiger partial charge in [0.15, 0.2) is 0 Å². The average Bonchev–Trinajstić information content (AvgIpc) is 2.64. The van der Waals surface area contributed by atoms with E-state index in [1.807, 2.05) is 0 Å². The third kappa shape index (κ3) is 3.56. The van der Waals surface area contributed by atoms with Gasteiger partial charge in [-0.3, -0.25) is 4.57 Å². The van der Waals surface area contributed by atoms with E-state index in [4.69, 9.17) is 13.8 Å². The van der Waals surface area contributed by atoms with Crippen LogP contribution in [0.15, 0.2) is 11.8 Å². The van der Waals surface area contributed by atoms with Gasteiger partial charge in [0.1, 0.15) is 24.1 Å². The normalized spacial score (nSPS) is 23.4. The first-order valence-electron chi connectivity index (χ1n) is 6.04. The second-order valence-corrected chi connectivity index (χ2v) is 6.16. The van der Waals surface area contributed by atoms with E-state index in [9.17, 15) is 14.8 Å². The van der Waals surface area contributed by atoms with Crippen LogP contribution in [0.25, 0.3) is 0 Å². The zero-order valence-corrected chi connectivity index (χ0v) is 11.8. The summed E-state index contributed by atoms with van der Waals surface area (Å²) in [5.41, 5.74) is -0.908. The summed E-state index contributed by atoms with van der Waals surface area (Å²) in [5.74, 6) is 0.266. The van der Waals surface area contributed by atoms with Crippen molar-refractivity contribution in [1.29, 1.82) is 0 Å². The molecule has 18 heavy (non-hydrogen) atoms. The molecule has 0 radical (unpaired) electrons. The van der Waals surface area contributed by atoms with Crippen molar-refractivity contribution in [2.24, 2.45) is 0 Å². The fraction of sp³-hybridized carbons (Fsp3) is 0.818. The molecule has 0 saturated heterocycles. The van der Waals surface area contributed by atoms with Gasteiger partial charge in [-0.1, -0.05) is 0 Å². The first kappa shape index (κ1) is 15.7. The van der Waals surface area contributed by atoms with E-state index < -0.39 is 25.5 Å². The Labute approximate surface area is 107 Å². The Hall–Kier alpha value is -0.390. The van der Waals surface area contributed by atoms with Gasteiger partial charge in [0.2, 0.25) is 0 Å². The Morgan fingerprint density at radius 3 is 2.39 bits per heavy atom. The van der Waals surface area contributed by atoms with Crippen LogP contribution < -0.4 is 0 Å². The summed E-state index contributed by atoms with van der Waals surface area (Å²) >= 11 is 0. The minimum atomic E-state index is -3.52. The Kier molecular flexibility index (Phi) is 5.82. The van der Waals surface area contributed by atoms with E-state index in [1.54, 1.807) is 13.8 Å². The zero-order chi connectivity index (χ0) is 13.8. The van der Waals surface area contributed by atoms with Gasteiger partial charge in [-0.05, 0) is 26.8 Å². The molecule has 0 aliphatic carbocycles. The highest BCUT2D eigenvalue weighted by atomic mass is 31.2. The van der Waals surface area contributed by atoms with Crippen LogP contribution in [-0.4, -0.2) is 47.9 Å². The lowest BCUT2D eigenvalue weighted by Gasteiger charge is -2.28. The minimum Gasteiger partial charge on any atom is -0.494 e. The van der Waals surface area contributed by atoms with E-state index in [1.165, 1.54) is 13.0 Å². The maximum Gasteiger partial charge on any atom is 0.343 e. The van der Waals surface area contributed by atoms with E-state index in [0.29, 0.717) is 0 Å². The molecule has 3 atom stereocenters. The summed E-state index contributed by atoms with van der Waals surface area (Å²) < 4.78 is 28.3. The van der Waals surface area contributed by atoms with Crippen molar-refractivity contribution >= 4 is 7.60 Å². The number of aliphatic hydroxyl groups is 2. The number of hydrogen-bond donors (Lipinski definition) is 2. The molecule has 0 saturated carbocycles. The molecule has 0 aromatic rings. The lowest BCUT2D eigenvalue weighted by molar-refractivity contribution is 0.106. The minimum absolute atomic E-state index is 0.0941. The number of rotatable bonds is 7. The largest absolute Gasteiger partial charge is 0.494 e. The fourth-order valence-corrected chi connectivity index (χ4v) is 3.98. The molecule has 106 valence electrons. The molecule has 1 heterocycles. The van der Waals surface area contributed by atoms with Crippen LogP contribution in [0.2, 0.25) is 0 Å². The van der Waals surface area contributed by atoms with Gasteiger partial charge in [-0.15, -0.1) is 0 Å². The Morgan fingerprint density at radius 2 is 2.06 bits per heavy atom. The van der Waals surface area contributed by atoms with Crippen LogP contribution in [0.3, 0.4) is 0 Å². The molecule has 2 N–H and O–H groups in total. The van der Waals surface area contributed by atoms with Gasteiger partial charge in [-0.25, -0.2) is 0 Å². The molecule has 1 aliphatic rings. The highest BCUT2D eigenvalue weighted by Gasteiger charge is 2.44. The van der Waals surface area contributed by atoms with Gasteiger partial charge in [-0.2, -0.15) is 0 Å². The second-order valence-electron chi connectivity index (χ2n) is 4.01. The van der Waals surface area contributed by atoms with Gasteiger partial charge in [0, 0.05) is 0 Å². The summed E-state index contributed by atoms with van der Waals surface area (Å²) in [4.78, 5) is 0. The maximum atomic E-state index is 12.6. The summed E-state index contributed by atoms with van der Waals surface area (Å²) in [5, 5.41) is 19.2. The molecule has 0 aromatic heterocycles. The molecular formula is C11H21O6P. The van der Waals surface area contributed by atoms with Crippen LogP contribution in [0, 0.1) is 0 Å². The third-order valence-electron chi connectivity index (χ3n) is 2.48. The van der Waals surface area contributed by atoms with Crippen LogP contribution in [0.4, 0.5) is 0 Å². The fourth-order valence-electron chi connectivity index (χ4n) is 1.87. The summed E-state index contributed by atoms with van der Waals surface area (Å²) in [6.45, 7) is 5.39. The Balaban J connectivity index is 3.01. The monoisotopic (exact) mass is 280 g/mol. The van der Waals surface area contributed by atoms with Crippen molar-refractivity contribution < 1.29 is 28.6 Å². The Morgan fingerprint density at radius 1 is 1.50 bits per heavy atom. The topological polar surface area (TPSA) is 85.2 Å². The zero-order valence-electron chi connectivity index (χ0n) is 10.9. The smallest absolute Gasteiger partial charge is 0.343 e. The molecule has 0 bridgehead atoms. The van der Waals surface area contributed by atoms with Gasteiger partial charge >= 0.3 is 7.60 Å². The first-order chi connectivity index (χ1) is 8.44. The lowest BCUT2D eigenvalue weighted by Crippen LogP contribution is -2.28. The molecule has 6 nitrogen and oxygen atoms in total. The van der Waals surface area contributed by atoms with E-state index in [-0.39, 0.29) is 25.6 Å². The standard InChI is InChI=1S/C11H21O6P/c1-4-16-18(14,17-5-2)11(8(3)12)10-6-9(13)7-15-10/h6,8-9,11-13H,4-5,7H2,1-3H3/t8?,9-,11?/m0/s1. The molecular weight excluding hydrogens is 259 g/mol. The van der Waals surface area contributed by atoms with Crippen LogP contribution >= 0.6 is 7.60 Å². The predicted octanol–water partition coefficient (Wildman–Crippen LogP) is 1.28. The maximum absolute atomic E-state index is 12.6. The van der Waals surface area contributed by atoms with E-state index >= 15 is 0 Å². The highest BCUT2D eigenvalue weighted by molar-refractivity contribution is 7.55. The van der Waals surface area contributed by atoms with Crippen molar-refractivity contribution in [1.82, 2.24) is 0 Å². The SMILES string of the molecule is CCOP(=O)(OCC)C(C1=C[C@H](O)CO1)C(C)O. The van der Waals surface area contributed by atoms with Crippen LogP contribution in [0.1, 0.15) is 20.8 Å². The van der Waals surface area contributed by atoms with E-state index in [2.05, 4.69) is 0 Å². The average molecular weight is 280 g/mol. The lowest BCUT2D eigenvalue weighted by atomic mass is 10.2. The van der Waals surface area contributed by atoms with Gasteiger partial charge in [0.05, 0.1) is 19.3 Å². The summed E-state index contributed by atoms with van der Waals surface area (Å²) in [6, 6.07) is 0. The molecule has 7 heteroatoms. The summed E-state index contributed by atoms with van der Waals surface area (Å²) in [6.07, 6.45) is -0.286. The quantitative estimate of drug-likeness (QED) is 0.683. The molecule has 1 rings (SSSR count). The van der Waals surface area contributed by atoms with E-state index in [0.717, 1.165) is 0 Å². The first-order valence-corrected chi connectivity index (χ1v) is 7.65. The van der Waals surface area contributed by atoms with Crippen molar-refractivity contribution in [3.05, 3.63) is 11.8 Å². The molecule has 0 fully saturated rings. The van der Waals surface area contributed by atoms with Gasteiger partial charge < -0.3 is 24.0 Å².